The van der Waals surface area contributed by atoms with Crippen LogP contribution in [0, 0.1) is 6.92 Å². The molecule has 21 heavy (non-hydrogen) atoms. The average Bonchev–Trinajstić information content (AvgIpc) is 2.44. The first-order valence-corrected chi connectivity index (χ1v) is 7.70. The molecule has 0 heterocycles. The summed E-state index contributed by atoms with van der Waals surface area (Å²) in [6.07, 6.45) is 0. The molecular weight excluding hydrogens is 280 g/mol. The molecule has 0 fully saturated rings. The molecule has 0 unspecified atom stereocenters. The Hall–Kier alpha value is -1.78. The van der Waals surface area contributed by atoms with Gasteiger partial charge in [0.2, 0.25) is 5.91 Å². The predicted molar refractivity (Wildman–Crippen MR) is 88.8 cm³/mol. The van der Waals surface area contributed by atoms with Crippen LogP contribution < -0.4 is 10.6 Å². The minimum absolute atomic E-state index is 0.0497. The lowest BCUT2D eigenvalue weighted by molar-refractivity contribution is -0.114. The van der Waals surface area contributed by atoms with E-state index in [0.29, 0.717) is 0 Å². The van der Waals surface area contributed by atoms with Crippen molar-refractivity contribution in [2.45, 2.75) is 30.2 Å². The maximum absolute atomic E-state index is 11.0. The zero-order valence-electron chi connectivity index (χ0n) is 12.6. The molecule has 0 saturated heterocycles. The highest BCUT2D eigenvalue weighted by Crippen LogP contribution is 2.31. The number of amides is 1. The molecule has 0 aliphatic heterocycles. The molecule has 2 N–H and O–H groups in total. The van der Waals surface area contributed by atoms with Crippen molar-refractivity contribution in [1.29, 1.82) is 0 Å². The van der Waals surface area contributed by atoms with Crippen LogP contribution in [0.2, 0.25) is 0 Å². The topological polar surface area (TPSA) is 41.1 Å². The highest BCUT2D eigenvalue weighted by Gasteiger charge is 2.03. The van der Waals surface area contributed by atoms with Gasteiger partial charge < -0.3 is 10.6 Å². The lowest BCUT2D eigenvalue weighted by Gasteiger charge is -2.09. The molecule has 0 atom stereocenters. The van der Waals surface area contributed by atoms with E-state index in [0.717, 1.165) is 17.1 Å². The van der Waals surface area contributed by atoms with Crippen molar-refractivity contribution in [2.75, 3.05) is 12.4 Å². The van der Waals surface area contributed by atoms with Gasteiger partial charge in [0, 0.05) is 28.9 Å². The fraction of sp³-hybridized carbons (Fsp3) is 0.235. The molecule has 0 bridgehead atoms. The maximum atomic E-state index is 11.0. The van der Waals surface area contributed by atoms with E-state index < -0.39 is 0 Å². The van der Waals surface area contributed by atoms with Crippen molar-refractivity contribution >= 4 is 23.4 Å². The van der Waals surface area contributed by atoms with Crippen LogP contribution in [0.25, 0.3) is 0 Å². The monoisotopic (exact) mass is 300 g/mol. The smallest absolute Gasteiger partial charge is 0.221 e. The number of rotatable bonds is 5. The predicted octanol–water partition coefficient (Wildman–Crippen LogP) is 3.82. The van der Waals surface area contributed by atoms with Gasteiger partial charge in [-0.2, -0.15) is 0 Å². The number of nitrogens with one attached hydrogen (secondary N) is 2. The zero-order chi connectivity index (χ0) is 15.2. The summed E-state index contributed by atoms with van der Waals surface area (Å²) in [5, 5.41) is 5.93. The molecule has 110 valence electrons. The van der Waals surface area contributed by atoms with E-state index in [2.05, 4.69) is 35.8 Å². The van der Waals surface area contributed by atoms with Gasteiger partial charge in [0.25, 0.3) is 0 Å². The highest BCUT2D eigenvalue weighted by atomic mass is 32.2. The van der Waals surface area contributed by atoms with Crippen LogP contribution >= 0.6 is 11.8 Å². The Morgan fingerprint density at radius 2 is 1.86 bits per heavy atom. The normalized spacial score (nSPS) is 10.4. The molecule has 2 aromatic carbocycles. The molecule has 0 aromatic heterocycles. The Morgan fingerprint density at radius 3 is 2.43 bits per heavy atom. The minimum atomic E-state index is -0.0497. The summed E-state index contributed by atoms with van der Waals surface area (Å²) < 4.78 is 0. The van der Waals surface area contributed by atoms with Gasteiger partial charge in [0.05, 0.1) is 0 Å². The summed E-state index contributed by atoms with van der Waals surface area (Å²) in [6.45, 7) is 4.53. The van der Waals surface area contributed by atoms with E-state index in [1.54, 1.807) is 11.8 Å². The first-order chi connectivity index (χ1) is 10.1. The third-order valence-electron chi connectivity index (χ3n) is 3.02. The molecule has 2 aromatic rings. The first-order valence-electron chi connectivity index (χ1n) is 6.88. The number of anilines is 1. The highest BCUT2D eigenvalue weighted by molar-refractivity contribution is 7.99. The van der Waals surface area contributed by atoms with Crippen LogP contribution in [0.5, 0.6) is 0 Å². The van der Waals surface area contributed by atoms with Gasteiger partial charge in [-0.15, -0.1) is 0 Å². The zero-order valence-corrected chi connectivity index (χ0v) is 13.4. The van der Waals surface area contributed by atoms with Crippen LogP contribution in [-0.4, -0.2) is 13.0 Å². The van der Waals surface area contributed by atoms with Crippen LogP contribution in [0.1, 0.15) is 18.1 Å². The van der Waals surface area contributed by atoms with Crippen LogP contribution in [-0.2, 0) is 11.3 Å². The second-order valence-electron chi connectivity index (χ2n) is 4.94. The van der Waals surface area contributed by atoms with Crippen molar-refractivity contribution in [3.8, 4) is 0 Å². The van der Waals surface area contributed by atoms with Gasteiger partial charge in [0.15, 0.2) is 0 Å². The molecular formula is C17H20N2OS. The Kier molecular flexibility index (Phi) is 5.42. The van der Waals surface area contributed by atoms with Gasteiger partial charge in [-0.05, 0) is 55.4 Å². The fourth-order valence-corrected chi connectivity index (χ4v) is 2.96. The molecule has 2 rings (SSSR count). The summed E-state index contributed by atoms with van der Waals surface area (Å²) in [7, 11) is 1.95. The molecule has 0 aliphatic carbocycles. The second kappa shape index (κ2) is 7.29. The molecule has 0 radical (unpaired) electrons. The van der Waals surface area contributed by atoms with Crippen molar-refractivity contribution in [3.63, 3.8) is 0 Å². The van der Waals surface area contributed by atoms with Gasteiger partial charge in [-0.25, -0.2) is 0 Å². The summed E-state index contributed by atoms with van der Waals surface area (Å²) in [5.74, 6) is -0.0497. The second-order valence-corrected chi connectivity index (χ2v) is 6.05. The third kappa shape index (κ3) is 4.62. The number of benzene rings is 2. The Labute approximate surface area is 130 Å². The summed E-state index contributed by atoms with van der Waals surface area (Å²) >= 11 is 1.74. The van der Waals surface area contributed by atoms with Crippen LogP contribution in [0.15, 0.2) is 52.3 Å². The maximum Gasteiger partial charge on any atom is 0.221 e. The third-order valence-corrected chi connectivity index (χ3v) is 4.21. The standard InChI is InChI=1S/C17H20N2OS/c1-12-10-14(11-18-3)4-9-17(12)21-16-7-5-15(6-8-16)19-13(2)20/h4-10,18H,11H2,1-3H3,(H,19,20). The summed E-state index contributed by atoms with van der Waals surface area (Å²) in [6, 6.07) is 14.4. The van der Waals surface area contributed by atoms with E-state index >= 15 is 0 Å². The number of hydrogen-bond acceptors (Lipinski definition) is 3. The van der Waals surface area contributed by atoms with Gasteiger partial charge in [0.1, 0.15) is 0 Å². The van der Waals surface area contributed by atoms with E-state index in [1.807, 2.05) is 31.3 Å². The molecule has 3 nitrogen and oxygen atoms in total. The SMILES string of the molecule is CNCc1ccc(Sc2ccc(NC(C)=O)cc2)c(C)c1. The van der Waals surface area contributed by atoms with Crippen molar-refractivity contribution < 1.29 is 4.79 Å². The fourth-order valence-electron chi connectivity index (χ4n) is 2.08. The van der Waals surface area contributed by atoms with Crippen LogP contribution in [0.3, 0.4) is 0 Å². The van der Waals surface area contributed by atoms with E-state index in [-0.39, 0.29) is 5.91 Å². The number of aryl methyl sites for hydroxylation is 1. The van der Waals surface area contributed by atoms with Gasteiger partial charge in [-0.1, -0.05) is 23.9 Å². The Morgan fingerprint density at radius 1 is 1.14 bits per heavy atom. The average molecular weight is 300 g/mol. The summed E-state index contributed by atoms with van der Waals surface area (Å²) in [5.41, 5.74) is 3.40. The largest absolute Gasteiger partial charge is 0.326 e. The first kappa shape index (κ1) is 15.6. The van der Waals surface area contributed by atoms with Crippen molar-refractivity contribution in [3.05, 3.63) is 53.6 Å². The quantitative estimate of drug-likeness (QED) is 0.882. The van der Waals surface area contributed by atoms with Crippen LogP contribution in [0.4, 0.5) is 5.69 Å². The molecule has 1 amide bonds. The van der Waals surface area contributed by atoms with E-state index in [9.17, 15) is 4.79 Å². The molecule has 0 saturated carbocycles. The summed E-state index contributed by atoms with van der Waals surface area (Å²) in [4.78, 5) is 13.4. The number of carbonyl (C=O) groups is 1. The van der Waals surface area contributed by atoms with Gasteiger partial charge in [-0.3, -0.25) is 4.79 Å². The Balaban J connectivity index is 2.09. The van der Waals surface area contributed by atoms with Gasteiger partial charge >= 0.3 is 0 Å². The number of carbonyl (C=O) groups excluding carboxylic acids is 1. The molecule has 0 aliphatic rings. The van der Waals surface area contributed by atoms with Crippen molar-refractivity contribution in [1.82, 2.24) is 5.32 Å². The minimum Gasteiger partial charge on any atom is -0.326 e. The lowest BCUT2D eigenvalue weighted by atomic mass is 10.1. The van der Waals surface area contributed by atoms with E-state index in [1.165, 1.54) is 22.9 Å². The van der Waals surface area contributed by atoms with Crippen molar-refractivity contribution in [2.24, 2.45) is 0 Å². The van der Waals surface area contributed by atoms with E-state index in [4.69, 9.17) is 0 Å². The lowest BCUT2D eigenvalue weighted by Crippen LogP contribution is -2.05. The Bertz CT molecular complexity index is 623. The number of hydrogen-bond donors (Lipinski definition) is 2. The molecule has 4 heteroatoms. The molecule has 0 spiro atoms.